The number of nitrogens with zero attached hydrogens (tertiary/aromatic N) is 3. The van der Waals surface area contributed by atoms with Crippen LogP contribution in [0.4, 0.5) is 11.5 Å². The zero-order chi connectivity index (χ0) is 16.6. The number of fused-ring (bicyclic) bond motifs is 1. The first-order chi connectivity index (χ1) is 11.0. The molecule has 5 heteroatoms. The number of alkyl halides is 1. The van der Waals surface area contributed by atoms with E-state index in [1.165, 1.54) is 14.7 Å². The standard InChI is InChI=1S/C18H18ClIN3/c1-11-7-14-17(8-12(11)2)21-10-22-18(14)23(4)13-5-6-16(20-3)15(19)9-13/h5-10H,1-4H3/q-1. The average Bonchev–Trinajstić information content (AvgIpc) is 2.54. The van der Waals surface area contributed by atoms with Gasteiger partial charge in [-0.15, -0.1) is 0 Å². The summed E-state index contributed by atoms with van der Waals surface area (Å²) < 4.78 is 1.27. The fraction of sp³-hybridized carbons (Fsp3) is 0.222. The van der Waals surface area contributed by atoms with Gasteiger partial charge >= 0.3 is 152 Å². The molecule has 23 heavy (non-hydrogen) atoms. The fourth-order valence-corrected chi connectivity index (χ4v) is 4.40. The molecule has 0 saturated carbocycles. The molecule has 3 nitrogen and oxygen atoms in total. The van der Waals surface area contributed by atoms with Crippen molar-refractivity contribution in [3.05, 3.63) is 56.4 Å². The van der Waals surface area contributed by atoms with Crippen LogP contribution in [0.15, 0.2) is 36.7 Å². The molecule has 0 N–H and O–H groups in total. The Kier molecular flexibility index (Phi) is 4.73. The molecule has 0 unspecified atom stereocenters. The van der Waals surface area contributed by atoms with Crippen molar-refractivity contribution in [3.8, 4) is 0 Å². The molecule has 0 fully saturated rings. The van der Waals surface area contributed by atoms with Crippen LogP contribution in [-0.4, -0.2) is 21.9 Å². The Bertz CT molecular complexity index is 880. The number of anilines is 2. The maximum atomic E-state index is 6.39. The van der Waals surface area contributed by atoms with Gasteiger partial charge in [-0.25, -0.2) is 0 Å². The third kappa shape index (κ3) is 3.15. The third-order valence-electron chi connectivity index (χ3n) is 4.04. The first-order valence-corrected chi connectivity index (χ1v) is 10.9. The molecular weight excluding hydrogens is 421 g/mol. The van der Waals surface area contributed by atoms with Crippen molar-refractivity contribution in [2.75, 3.05) is 16.9 Å². The Morgan fingerprint density at radius 3 is 2.48 bits per heavy atom. The Morgan fingerprint density at radius 2 is 1.78 bits per heavy atom. The molecule has 0 radical (unpaired) electrons. The van der Waals surface area contributed by atoms with E-state index in [2.05, 4.69) is 57.9 Å². The van der Waals surface area contributed by atoms with Crippen molar-refractivity contribution in [2.45, 2.75) is 13.8 Å². The summed E-state index contributed by atoms with van der Waals surface area (Å²) in [6, 6.07) is 10.5. The van der Waals surface area contributed by atoms with Gasteiger partial charge in [0.15, 0.2) is 0 Å². The van der Waals surface area contributed by atoms with Crippen LogP contribution in [0.3, 0.4) is 0 Å². The predicted molar refractivity (Wildman–Crippen MR) is 93.1 cm³/mol. The summed E-state index contributed by atoms with van der Waals surface area (Å²) in [4.78, 5) is 13.2. The first-order valence-electron chi connectivity index (χ1n) is 7.26. The van der Waals surface area contributed by atoms with Gasteiger partial charge in [0.05, 0.1) is 0 Å². The van der Waals surface area contributed by atoms with Gasteiger partial charge in [-0.2, -0.15) is 0 Å². The van der Waals surface area contributed by atoms with E-state index in [-0.39, 0.29) is 21.2 Å². The number of halogens is 2. The topological polar surface area (TPSA) is 29.0 Å². The van der Waals surface area contributed by atoms with E-state index in [0.717, 1.165) is 27.4 Å². The molecule has 120 valence electrons. The number of aromatic nitrogens is 2. The summed E-state index contributed by atoms with van der Waals surface area (Å²) in [7, 11) is 2.02. The Morgan fingerprint density at radius 1 is 1.04 bits per heavy atom. The molecule has 0 spiro atoms. The van der Waals surface area contributed by atoms with Gasteiger partial charge in [0, 0.05) is 0 Å². The normalized spacial score (nSPS) is 11.2. The Balaban J connectivity index is 2.12. The van der Waals surface area contributed by atoms with E-state index in [9.17, 15) is 0 Å². The quantitative estimate of drug-likeness (QED) is 0.459. The van der Waals surface area contributed by atoms with Crippen molar-refractivity contribution in [3.63, 3.8) is 0 Å². The van der Waals surface area contributed by atoms with Crippen molar-refractivity contribution in [1.82, 2.24) is 9.97 Å². The van der Waals surface area contributed by atoms with Crippen LogP contribution in [0.1, 0.15) is 11.1 Å². The Labute approximate surface area is 152 Å². The number of hydrogen-bond donors (Lipinski definition) is 0. The van der Waals surface area contributed by atoms with Crippen LogP contribution in [-0.2, 0) is 0 Å². The minimum absolute atomic E-state index is 0.0133. The van der Waals surface area contributed by atoms with E-state index < -0.39 is 0 Å². The van der Waals surface area contributed by atoms with Crippen LogP contribution in [0.25, 0.3) is 10.9 Å². The predicted octanol–water partition coefficient (Wildman–Crippen LogP) is 1.56. The third-order valence-corrected chi connectivity index (χ3v) is 6.78. The first kappa shape index (κ1) is 16.5. The van der Waals surface area contributed by atoms with E-state index in [1.54, 1.807) is 6.33 Å². The zero-order valence-corrected chi connectivity index (χ0v) is 16.5. The van der Waals surface area contributed by atoms with Gasteiger partial charge in [0.25, 0.3) is 0 Å². The molecule has 0 aliphatic heterocycles. The van der Waals surface area contributed by atoms with Crippen molar-refractivity contribution in [2.24, 2.45) is 0 Å². The maximum absolute atomic E-state index is 6.39. The van der Waals surface area contributed by atoms with Gasteiger partial charge < -0.3 is 0 Å². The molecule has 0 aliphatic carbocycles. The summed E-state index contributed by atoms with van der Waals surface area (Å²) >= 11 is 6.38. The van der Waals surface area contributed by atoms with Gasteiger partial charge in [0.2, 0.25) is 0 Å². The van der Waals surface area contributed by atoms with Gasteiger partial charge in [-0.3, -0.25) is 0 Å². The molecule has 3 rings (SSSR count). The second-order valence-electron chi connectivity index (χ2n) is 5.50. The fourth-order valence-electron chi connectivity index (χ4n) is 2.54. The molecule has 1 aromatic heterocycles. The van der Waals surface area contributed by atoms with Crippen LogP contribution in [0, 0.1) is 17.4 Å². The van der Waals surface area contributed by atoms with Gasteiger partial charge in [-0.05, 0) is 0 Å². The van der Waals surface area contributed by atoms with E-state index in [1.807, 2.05) is 13.1 Å². The summed E-state index contributed by atoms with van der Waals surface area (Å²) in [5.41, 5.74) is 4.48. The van der Waals surface area contributed by atoms with E-state index >= 15 is 0 Å². The zero-order valence-electron chi connectivity index (χ0n) is 13.6. The SMILES string of the molecule is C[I-]c1ccc(N(C)c2ncnc3cc(C)c(C)cc23)cc1Cl. The van der Waals surface area contributed by atoms with Crippen LogP contribution >= 0.6 is 11.6 Å². The van der Waals surface area contributed by atoms with Crippen molar-refractivity contribution >= 4 is 34.0 Å². The molecule has 0 aliphatic rings. The van der Waals surface area contributed by atoms with Crippen LogP contribution < -0.4 is 26.1 Å². The molecule has 1 heterocycles. The van der Waals surface area contributed by atoms with Crippen molar-refractivity contribution < 1.29 is 21.2 Å². The molecule has 0 amide bonds. The van der Waals surface area contributed by atoms with E-state index in [4.69, 9.17) is 11.6 Å². The molecule has 0 atom stereocenters. The summed E-state index contributed by atoms with van der Waals surface area (Å²) in [5, 5.41) is 1.90. The number of rotatable bonds is 3. The Hall–Kier alpha value is -1.40. The number of aryl methyl sites for hydroxylation is 2. The molecule has 2 aromatic carbocycles. The summed E-state index contributed by atoms with van der Waals surface area (Å²) in [6.07, 6.45) is 1.62. The van der Waals surface area contributed by atoms with Crippen LogP contribution in [0.5, 0.6) is 0 Å². The number of hydrogen-bond acceptors (Lipinski definition) is 3. The van der Waals surface area contributed by atoms with Crippen molar-refractivity contribution in [1.29, 1.82) is 0 Å². The summed E-state index contributed by atoms with van der Waals surface area (Å²) in [5.74, 6) is 0.896. The molecule has 3 aromatic rings. The minimum atomic E-state index is -0.0133. The van der Waals surface area contributed by atoms with E-state index in [0.29, 0.717) is 0 Å². The average molecular weight is 439 g/mol. The molecule has 0 bridgehead atoms. The summed E-state index contributed by atoms with van der Waals surface area (Å²) in [6.45, 7) is 4.22. The van der Waals surface area contributed by atoms with Crippen LogP contribution in [0.2, 0.25) is 5.02 Å². The molecule has 0 saturated heterocycles. The van der Waals surface area contributed by atoms with Gasteiger partial charge in [-0.1, -0.05) is 0 Å². The monoisotopic (exact) mass is 438 g/mol. The second kappa shape index (κ2) is 6.61. The molecular formula is C18H18ClIN3-. The number of benzene rings is 2. The van der Waals surface area contributed by atoms with Gasteiger partial charge in [0.1, 0.15) is 0 Å². The second-order valence-corrected chi connectivity index (χ2v) is 8.15.